The van der Waals surface area contributed by atoms with Crippen molar-refractivity contribution < 1.29 is 9.90 Å². The zero-order valence-corrected chi connectivity index (χ0v) is 19.0. The van der Waals surface area contributed by atoms with E-state index >= 15 is 0 Å². The van der Waals surface area contributed by atoms with E-state index in [4.69, 9.17) is 4.99 Å². The zero-order chi connectivity index (χ0) is 22.0. The number of nitrogens with one attached hydrogen (secondary N) is 1. The predicted octanol–water partition coefficient (Wildman–Crippen LogP) is 6.61. The third kappa shape index (κ3) is 4.88. The normalized spacial score (nSPS) is 16.3. The molecule has 0 spiro atoms. The van der Waals surface area contributed by atoms with Crippen molar-refractivity contribution in [2.45, 2.75) is 40.0 Å². The molecule has 2 N–H and O–H groups in total. The van der Waals surface area contributed by atoms with Crippen LogP contribution in [0.15, 0.2) is 59.6 Å². The number of carbonyl (C=O) groups is 1. The summed E-state index contributed by atoms with van der Waals surface area (Å²) in [6.07, 6.45) is 4.74. The van der Waals surface area contributed by atoms with Crippen molar-refractivity contribution in [1.29, 1.82) is 0 Å². The number of thiophene rings is 1. The molecule has 5 heteroatoms. The van der Waals surface area contributed by atoms with Crippen LogP contribution in [0.1, 0.15) is 53.6 Å². The van der Waals surface area contributed by atoms with Gasteiger partial charge in [-0.1, -0.05) is 39.0 Å². The molecule has 1 aromatic heterocycles. The van der Waals surface area contributed by atoms with E-state index in [2.05, 4.69) is 26.1 Å². The van der Waals surface area contributed by atoms with Crippen molar-refractivity contribution in [2.75, 3.05) is 5.32 Å². The van der Waals surface area contributed by atoms with Gasteiger partial charge in [0.15, 0.2) is 0 Å². The fourth-order valence-electron chi connectivity index (χ4n) is 4.04. The number of benzene rings is 2. The van der Waals surface area contributed by atoms with E-state index < -0.39 is 0 Å². The van der Waals surface area contributed by atoms with Crippen molar-refractivity contribution >= 4 is 34.1 Å². The first-order valence-electron chi connectivity index (χ1n) is 10.7. The largest absolute Gasteiger partial charge is 0.508 e. The highest BCUT2D eigenvalue weighted by molar-refractivity contribution is 7.16. The molecule has 2 aromatic carbocycles. The summed E-state index contributed by atoms with van der Waals surface area (Å²) in [5.74, 6) is 0.716. The lowest BCUT2D eigenvalue weighted by molar-refractivity contribution is 0.102. The second kappa shape index (κ2) is 8.67. The van der Waals surface area contributed by atoms with Crippen molar-refractivity contribution in [1.82, 2.24) is 0 Å². The molecule has 1 heterocycles. The second-order valence-electron chi connectivity index (χ2n) is 9.16. The van der Waals surface area contributed by atoms with Crippen molar-refractivity contribution in [3.63, 3.8) is 0 Å². The third-order valence-electron chi connectivity index (χ3n) is 5.95. The van der Waals surface area contributed by atoms with E-state index in [1.807, 2.05) is 42.5 Å². The van der Waals surface area contributed by atoms with Crippen molar-refractivity contribution in [3.8, 4) is 5.75 Å². The Hall–Kier alpha value is -2.92. The lowest BCUT2D eigenvalue weighted by Crippen LogP contribution is -2.27. The van der Waals surface area contributed by atoms with Crippen LogP contribution in [0.4, 0.5) is 10.7 Å². The van der Waals surface area contributed by atoms with Gasteiger partial charge in [0.1, 0.15) is 10.8 Å². The number of anilines is 1. The molecule has 0 saturated heterocycles. The van der Waals surface area contributed by atoms with Crippen LogP contribution in [0.5, 0.6) is 5.75 Å². The molecule has 1 amide bonds. The molecule has 4 nitrogen and oxygen atoms in total. The number of phenols is 1. The van der Waals surface area contributed by atoms with E-state index in [1.165, 1.54) is 4.88 Å². The monoisotopic (exact) mass is 432 g/mol. The van der Waals surface area contributed by atoms with Gasteiger partial charge in [-0.05, 0) is 78.1 Å². The summed E-state index contributed by atoms with van der Waals surface area (Å²) in [5, 5.41) is 13.3. The Labute approximate surface area is 187 Å². The maximum Gasteiger partial charge on any atom is 0.259 e. The van der Waals surface area contributed by atoms with Crippen LogP contribution in [-0.4, -0.2) is 17.2 Å². The summed E-state index contributed by atoms with van der Waals surface area (Å²) in [6.45, 7) is 6.88. The highest BCUT2D eigenvalue weighted by Gasteiger charge is 2.33. The van der Waals surface area contributed by atoms with Gasteiger partial charge in [-0.15, -0.1) is 11.3 Å². The molecule has 160 valence electrons. The summed E-state index contributed by atoms with van der Waals surface area (Å²) in [6, 6.07) is 16.4. The van der Waals surface area contributed by atoms with Crippen LogP contribution >= 0.6 is 11.3 Å². The number of aliphatic imine (C=N–C) groups is 1. The molecule has 0 aliphatic heterocycles. The molecule has 1 aliphatic rings. The Morgan fingerprint density at radius 1 is 1.13 bits per heavy atom. The van der Waals surface area contributed by atoms with E-state index in [-0.39, 0.29) is 17.1 Å². The molecular formula is C26H28N2O2S. The summed E-state index contributed by atoms with van der Waals surface area (Å²) in [4.78, 5) is 19.3. The first-order chi connectivity index (χ1) is 14.8. The fraction of sp³-hybridized carbons (Fsp3) is 0.308. The Morgan fingerprint density at radius 3 is 2.52 bits per heavy atom. The molecule has 0 radical (unpaired) electrons. The quantitative estimate of drug-likeness (QED) is 0.456. The minimum Gasteiger partial charge on any atom is -0.508 e. The Morgan fingerprint density at radius 2 is 1.84 bits per heavy atom. The lowest BCUT2D eigenvalue weighted by Gasteiger charge is -2.33. The van der Waals surface area contributed by atoms with Gasteiger partial charge in [-0.2, -0.15) is 0 Å². The van der Waals surface area contributed by atoms with Gasteiger partial charge in [-0.3, -0.25) is 4.79 Å². The third-order valence-corrected chi connectivity index (χ3v) is 7.12. The van der Waals surface area contributed by atoms with Gasteiger partial charge in [0.2, 0.25) is 0 Å². The van der Waals surface area contributed by atoms with Gasteiger partial charge < -0.3 is 10.4 Å². The predicted molar refractivity (Wildman–Crippen MR) is 129 cm³/mol. The SMILES string of the molecule is CC(C)(C)[C@H]1CCc2c(sc(N=Cc3ccc(O)cc3)c2C(=O)Nc2ccccc2)C1. The molecular weight excluding hydrogens is 404 g/mol. The fourth-order valence-corrected chi connectivity index (χ4v) is 5.31. The summed E-state index contributed by atoms with van der Waals surface area (Å²) in [7, 11) is 0. The summed E-state index contributed by atoms with van der Waals surface area (Å²) < 4.78 is 0. The van der Waals surface area contributed by atoms with Crippen molar-refractivity contribution in [2.24, 2.45) is 16.3 Å². The summed E-state index contributed by atoms with van der Waals surface area (Å²) in [5.41, 5.74) is 3.75. The Balaban J connectivity index is 1.69. The van der Waals surface area contributed by atoms with Crippen LogP contribution < -0.4 is 5.32 Å². The van der Waals surface area contributed by atoms with Gasteiger partial charge in [0, 0.05) is 16.8 Å². The maximum absolute atomic E-state index is 13.3. The van der Waals surface area contributed by atoms with Crippen LogP contribution in [0, 0.1) is 11.3 Å². The van der Waals surface area contributed by atoms with Gasteiger partial charge in [0.05, 0.1) is 5.56 Å². The minimum atomic E-state index is -0.101. The number of nitrogens with zero attached hydrogens (tertiary/aromatic N) is 1. The first kappa shape index (κ1) is 21.3. The number of aromatic hydroxyl groups is 1. The van der Waals surface area contributed by atoms with Gasteiger partial charge >= 0.3 is 0 Å². The molecule has 31 heavy (non-hydrogen) atoms. The first-order valence-corrected chi connectivity index (χ1v) is 11.5. The minimum absolute atomic E-state index is 0.101. The maximum atomic E-state index is 13.3. The lowest BCUT2D eigenvalue weighted by atomic mass is 9.72. The van der Waals surface area contributed by atoms with Gasteiger partial charge in [0.25, 0.3) is 5.91 Å². The highest BCUT2D eigenvalue weighted by atomic mass is 32.1. The smallest absolute Gasteiger partial charge is 0.259 e. The molecule has 0 unspecified atom stereocenters. The standard InChI is InChI=1S/C26H28N2O2S/c1-26(2,3)18-11-14-21-22(15-18)31-25(27-16-17-9-12-20(29)13-10-17)23(21)24(30)28-19-7-5-4-6-8-19/h4-10,12-13,16,18,29H,11,14-15H2,1-3H3,(H,28,30)/t18-/m0/s1. The number of hydrogen-bond donors (Lipinski definition) is 2. The summed E-state index contributed by atoms with van der Waals surface area (Å²) >= 11 is 1.63. The van der Waals surface area contributed by atoms with Crippen LogP contribution in [0.2, 0.25) is 0 Å². The average molecular weight is 433 g/mol. The molecule has 4 rings (SSSR count). The van der Waals surface area contributed by atoms with E-state index in [0.717, 1.165) is 41.1 Å². The zero-order valence-electron chi connectivity index (χ0n) is 18.2. The molecule has 3 aromatic rings. The molecule has 0 saturated carbocycles. The van der Waals surface area contributed by atoms with Crippen molar-refractivity contribution in [3.05, 3.63) is 76.2 Å². The number of rotatable bonds is 4. The van der Waals surface area contributed by atoms with E-state index in [1.54, 1.807) is 29.7 Å². The molecule has 0 fully saturated rings. The average Bonchev–Trinajstić information content (AvgIpc) is 3.11. The second-order valence-corrected chi connectivity index (χ2v) is 10.2. The van der Waals surface area contributed by atoms with Gasteiger partial charge in [-0.25, -0.2) is 4.99 Å². The van der Waals surface area contributed by atoms with Crippen LogP contribution in [0.25, 0.3) is 0 Å². The molecule has 0 bridgehead atoms. The van der Waals surface area contributed by atoms with Crippen LogP contribution in [-0.2, 0) is 12.8 Å². The Kier molecular flexibility index (Phi) is 5.96. The Bertz CT molecular complexity index is 1090. The van der Waals surface area contributed by atoms with Crippen LogP contribution in [0.3, 0.4) is 0 Å². The molecule has 1 atom stereocenters. The number of phenolic OH excluding ortho intramolecular Hbond substituents is 1. The van der Waals surface area contributed by atoms with E-state index in [0.29, 0.717) is 11.5 Å². The highest BCUT2D eigenvalue weighted by Crippen LogP contribution is 2.45. The number of hydrogen-bond acceptors (Lipinski definition) is 4. The number of carbonyl (C=O) groups excluding carboxylic acids is 1. The van der Waals surface area contributed by atoms with E-state index in [9.17, 15) is 9.90 Å². The number of fused-ring (bicyclic) bond motifs is 1. The number of amides is 1. The topological polar surface area (TPSA) is 61.7 Å². The number of para-hydroxylation sites is 1. The molecule has 1 aliphatic carbocycles.